The van der Waals surface area contributed by atoms with E-state index in [0.717, 1.165) is 7.05 Å². The van der Waals surface area contributed by atoms with E-state index in [1.165, 1.54) is 18.3 Å². The van der Waals surface area contributed by atoms with E-state index in [0.29, 0.717) is 4.31 Å². The van der Waals surface area contributed by atoms with E-state index in [9.17, 15) is 21.6 Å². The number of rotatable bonds is 5. The molecule has 0 fully saturated rings. The molecule has 0 amide bonds. The normalized spacial score (nSPS) is 12.7. The van der Waals surface area contributed by atoms with Crippen molar-refractivity contribution in [3.8, 4) is 0 Å². The van der Waals surface area contributed by atoms with Gasteiger partial charge in [0, 0.05) is 19.8 Å². The van der Waals surface area contributed by atoms with Crippen LogP contribution in [0.3, 0.4) is 0 Å². The predicted octanol–water partition coefficient (Wildman–Crippen LogP) is 0.940. The molecule has 0 aliphatic carbocycles. The Morgan fingerprint density at radius 3 is 2.63 bits per heavy atom. The molecule has 1 heterocycles. The number of alkyl halides is 3. The summed E-state index contributed by atoms with van der Waals surface area (Å²) < 4.78 is 60.9. The first-order valence-electron chi connectivity index (χ1n) is 5.13. The molecule has 1 rings (SSSR count). The van der Waals surface area contributed by atoms with Crippen LogP contribution in [0.1, 0.15) is 6.42 Å². The highest BCUT2D eigenvalue weighted by atomic mass is 32.2. The van der Waals surface area contributed by atoms with E-state index in [1.54, 1.807) is 0 Å². The number of nitrogens with zero attached hydrogens (tertiary/aromatic N) is 2. The molecule has 3 N–H and O–H groups in total. The molecule has 0 radical (unpaired) electrons. The summed E-state index contributed by atoms with van der Waals surface area (Å²) in [5.74, 6) is 5.14. The number of pyridine rings is 1. The van der Waals surface area contributed by atoms with Crippen molar-refractivity contribution < 1.29 is 21.6 Å². The van der Waals surface area contributed by atoms with Crippen molar-refractivity contribution in [2.24, 2.45) is 5.84 Å². The Bertz CT molecular complexity index is 533. The van der Waals surface area contributed by atoms with Crippen molar-refractivity contribution >= 4 is 15.7 Å². The molecule has 6 nitrogen and oxygen atoms in total. The quantitative estimate of drug-likeness (QED) is 0.624. The lowest BCUT2D eigenvalue weighted by atomic mass is 10.4. The van der Waals surface area contributed by atoms with Gasteiger partial charge in [-0.05, 0) is 12.1 Å². The number of hydrogen-bond acceptors (Lipinski definition) is 5. The Hall–Kier alpha value is -1.39. The topological polar surface area (TPSA) is 88.3 Å². The van der Waals surface area contributed by atoms with Crippen LogP contribution in [0.5, 0.6) is 0 Å². The van der Waals surface area contributed by atoms with Crippen LogP contribution in [0.4, 0.5) is 18.9 Å². The lowest BCUT2D eigenvalue weighted by Gasteiger charge is -2.18. The van der Waals surface area contributed by atoms with Gasteiger partial charge in [0.15, 0.2) is 5.03 Å². The molecule has 0 bridgehead atoms. The minimum atomic E-state index is -4.43. The molecule has 0 spiro atoms. The summed E-state index contributed by atoms with van der Waals surface area (Å²) in [6.45, 7) is -0.688. The zero-order valence-corrected chi connectivity index (χ0v) is 10.8. The lowest BCUT2D eigenvalue weighted by Crippen LogP contribution is -2.32. The van der Waals surface area contributed by atoms with Crippen molar-refractivity contribution in [1.29, 1.82) is 0 Å². The maximum Gasteiger partial charge on any atom is 0.390 e. The predicted molar refractivity (Wildman–Crippen MR) is 62.5 cm³/mol. The maximum absolute atomic E-state index is 12.1. The fourth-order valence-electron chi connectivity index (χ4n) is 1.26. The van der Waals surface area contributed by atoms with Gasteiger partial charge in [0.1, 0.15) is 0 Å². The van der Waals surface area contributed by atoms with Gasteiger partial charge in [0.05, 0.1) is 12.1 Å². The Kier molecular flexibility index (Phi) is 4.71. The average Bonchev–Trinajstić information content (AvgIpc) is 2.34. The maximum atomic E-state index is 12.1. The highest BCUT2D eigenvalue weighted by Crippen LogP contribution is 2.23. The van der Waals surface area contributed by atoms with Crippen LogP contribution in [0.2, 0.25) is 0 Å². The number of nitrogens with one attached hydrogen (secondary N) is 1. The molecular formula is C9H13F3N4O2S. The van der Waals surface area contributed by atoms with Crippen LogP contribution >= 0.6 is 0 Å². The highest BCUT2D eigenvalue weighted by molar-refractivity contribution is 7.89. The first-order valence-corrected chi connectivity index (χ1v) is 6.57. The van der Waals surface area contributed by atoms with E-state index in [2.05, 4.69) is 10.4 Å². The van der Waals surface area contributed by atoms with Crippen molar-refractivity contribution in [2.75, 3.05) is 19.0 Å². The van der Waals surface area contributed by atoms with Gasteiger partial charge in [-0.1, -0.05) is 0 Å². The van der Waals surface area contributed by atoms with E-state index in [1.807, 2.05) is 0 Å². The Balaban J connectivity index is 2.97. The molecule has 0 atom stereocenters. The first-order chi connectivity index (χ1) is 8.68. The van der Waals surface area contributed by atoms with Gasteiger partial charge in [-0.2, -0.15) is 17.5 Å². The molecule has 0 aliphatic rings. The Morgan fingerprint density at radius 2 is 2.11 bits per heavy atom. The minimum absolute atomic E-state index is 0.0151. The summed E-state index contributed by atoms with van der Waals surface area (Å²) >= 11 is 0. The average molecular weight is 298 g/mol. The van der Waals surface area contributed by atoms with E-state index in [-0.39, 0.29) is 5.69 Å². The molecule has 0 saturated heterocycles. The number of anilines is 1. The molecule has 0 unspecified atom stereocenters. The standard InChI is InChI=1S/C9H13F3N4O2S/c1-16(6-4-9(10,11)12)19(17,18)8-7(15-13)3-2-5-14-8/h2-3,5,15H,4,6,13H2,1H3. The number of halogens is 3. The van der Waals surface area contributed by atoms with Crippen molar-refractivity contribution in [3.63, 3.8) is 0 Å². The second kappa shape index (κ2) is 5.72. The van der Waals surface area contributed by atoms with Crippen molar-refractivity contribution in [1.82, 2.24) is 9.29 Å². The number of sulfonamides is 1. The largest absolute Gasteiger partial charge is 0.390 e. The summed E-state index contributed by atoms with van der Waals surface area (Å²) in [5, 5.41) is -0.415. The van der Waals surface area contributed by atoms with E-state index < -0.39 is 34.2 Å². The fourth-order valence-corrected chi connectivity index (χ4v) is 2.48. The van der Waals surface area contributed by atoms with Crippen LogP contribution in [0, 0.1) is 0 Å². The molecule has 1 aromatic rings. The van der Waals surface area contributed by atoms with Gasteiger partial charge >= 0.3 is 6.18 Å². The van der Waals surface area contributed by atoms with Crippen molar-refractivity contribution in [3.05, 3.63) is 18.3 Å². The Labute approximate surface area is 108 Å². The fraction of sp³-hybridized carbons (Fsp3) is 0.444. The van der Waals surface area contributed by atoms with Gasteiger partial charge in [-0.15, -0.1) is 0 Å². The SMILES string of the molecule is CN(CCC(F)(F)F)S(=O)(=O)c1ncccc1NN. The number of aromatic nitrogens is 1. The number of hydrazine groups is 1. The summed E-state index contributed by atoms with van der Waals surface area (Å²) in [6.07, 6.45) is -4.45. The lowest BCUT2D eigenvalue weighted by molar-refractivity contribution is -0.135. The third kappa shape index (κ3) is 4.04. The molecule has 0 saturated carbocycles. The molecule has 0 aromatic carbocycles. The molecule has 19 heavy (non-hydrogen) atoms. The van der Waals surface area contributed by atoms with Crippen LogP contribution in [0.15, 0.2) is 23.4 Å². The second-order valence-corrected chi connectivity index (χ2v) is 5.65. The number of hydrogen-bond donors (Lipinski definition) is 2. The third-order valence-corrected chi connectivity index (χ3v) is 4.11. The second-order valence-electron chi connectivity index (χ2n) is 3.69. The van der Waals surface area contributed by atoms with Crippen molar-refractivity contribution in [2.45, 2.75) is 17.6 Å². The third-order valence-electron chi connectivity index (χ3n) is 2.29. The van der Waals surface area contributed by atoms with Crippen LogP contribution in [0.25, 0.3) is 0 Å². The highest BCUT2D eigenvalue weighted by Gasteiger charge is 2.31. The molecule has 1 aromatic heterocycles. The van der Waals surface area contributed by atoms with Gasteiger partial charge in [0.25, 0.3) is 10.0 Å². The smallest absolute Gasteiger partial charge is 0.321 e. The number of nitrogen functional groups attached to an aromatic ring is 1. The summed E-state index contributed by atoms with van der Waals surface area (Å²) in [4.78, 5) is 3.63. The van der Waals surface area contributed by atoms with E-state index >= 15 is 0 Å². The van der Waals surface area contributed by atoms with Gasteiger partial charge in [0.2, 0.25) is 0 Å². The van der Waals surface area contributed by atoms with Crippen LogP contribution in [-0.4, -0.2) is 37.5 Å². The van der Waals surface area contributed by atoms with Crippen LogP contribution in [-0.2, 0) is 10.0 Å². The van der Waals surface area contributed by atoms with Gasteiger partial charge in [-0.3, -0.25) is 5.84 Å². The summed E-state index contributed by atoms with van der Waals surface area (Å²) in [5.41, 5.74) is 2.15. The molecule has 10 heteroatoms. The Morgan fingerprint density at radius 1 is 1.47 bits per heavy atom. The van der Waals surface area contributed by atoms with Gasteiger partial charge < -0.3 is 5.43 Å². The summed E-state index contributed by atoms with van der Waals surface area (Å²) in [6, 6.07) is 2.81. The zero-order chi connectivity index (χ0) is 14.7. The minimum Gasteiger partial charge on any atom is -0.321 e. The zero-order valence-electron chi connectivity index (χ0n) is 9.98. The molecular weight excluding hydrogens is 285 g/mol. The number of nitrogens with two attached hydrogens (primary N) is 1. The van der Waals surface area contributed by atoms with Crippen LogP contribution < -0.4 is 11.3 Å². The van der Waals surface area contributed by atoms with Gasteiger partial charge in [-0.25, -0.2) is 13.4 Å². The first kappa shape index (κ1) is 15.7. The van der Waals surface area contributed by atoms with E-state index in [4.69, 9.17) is 5.84 Å². The molecule has 108 valence electrons. The summed E-state index contributed by atoms with van der Waals surface area (Å²) in [7, 11) is -3.07. The molecule has 0 aliphatic heterocycles. The monoisotopic (exact) mass is 298 g/mol.